The summed E-state index contributed by atoms with van der Waals surface area (Å²) >= 11 is 0. The first kappa shape index (κ1) is 74.6. The Bertz CT molecular complexity index is 1870. The van der Waals surface area contributed by atoms with Crippen molar-refractivity contribution in [2.75, 3.05) is 13.2 Å². The van der Waals surface area contributed by atoms with E-state index in [9.17, 15) is 35.1 Å². The lowest BCUT2D eigenvalue weighted by Crippen LogP contribution is -2.61. The number of esters is 1. The summed E-state index contributed by atoms with van der Waals surface area (Å²) in [5.41, 5.74) is 0. The number of rotatable bonds is 51. The fourth-order valence-electron chi connectivity index (χ4n) is 8.81. The van der Waals surface area contributed by atoms with Gasteiger partial charge in [-0.1, -0.05) is 244 Å². The van der Waals surface area contributed by atoms with Crippen LogP contribution in [0, 0.1) is 0 Å². The van der Waals surface area contributed by atoms with Crippen LogP contribution in [-0.2, 0) is 23.8 Å². The van der Waals surface area contributed by atoms with Gasteiger partial charge in [0, 0.05) is 6.42 Å². The minimum Gasteiger partial charge on any atom is -0.454 e. The molecule has 0 spiro atoms. The van der Waals surface area contributed by atoms with Crippen molar-refractivity contribution >= 4 is 11.9 Å². The summed E-state index contributed by atoms with van der Waals surface area (Å²) in [4.78, 5) is 26.6. The van der Waals surface area contributed by atoms with Gasteiger partial charge in [0.1, 0.15) is 24.4 Å². The molecule has 458 valence electrons. The lowest BCUT2D eigenvalue weighted by atomic mass is 9.99. The summed E-state index contributed by atoms with van der Waals surface area (Å²) < 4.78 is 17.6. The molecule has 0 radical (unpaired) electrons. The zero-order chi connectivity index (χ0) is 58.9. The second-order valence-corrected chi connectivity index (χ2v) is 21.0. The SMILES string of the molecule is CC/C=C\C/C=C\C/C=C\C/C=C\C/C=C\C/C=C\CCCCCC(O)C(=O)NC(COC1OC(CO)C(O)C(O)C1OC(=O)CCC/C=C\C/C=C\C/C=C\C/C=C\C/C=C\CC)C(O)/C=C/CCCCCCCCCCCCC. The van der Waals surface area contributed by atoms with Gasteiger partial charge >= 0.3 is 5.97 Å². The van der Waals surface area contributed by atoms with Crippen LogP contribution in [0.1, 0.15) is 220 Å². The maximum Gasteiger partial charge on any atom is 0.306 e. The number of carbonyl (C=O) groups excluding carboxylic acids is 2. The van der Waals surface area contributed by atoms with Crippen LogP contribution >= 0.6 is 0 Å². The van der Waals surface area contributed by atoms with Gasteiger partial charge in [-0.25, -0.2) is 0 Å². The molecule has 1 saturated heterocycles. The lowest BCUT2D eigenvalue weighted by molar-refractivity contribution is -0.305. The number of aliphatic hydroxyl groups is 5. The molecule has 6 N–H and O–H groups in total. The predicted molar refractivity (Wildman–Crippen MR) is 337 cm³/mol. The normalized spacial score (nSPS) is 19.7. The van der Waals surface area contributed by atoms with Crippen LogP contribution in [0.3, 0.4) is 0 Å². The minimum absolute atomic E-state index is 0.0332. The number of hydrogen-bond acceptors (Lipinski definition) is 10. The van der Waals surface area contributed by atoms with E-state index in [0.717, 1.165) is 116 Å². The van der Waals surface area contributed by atoms with E-state index in [-0.39, 0.29) is 19.4 Å². The molecule has 1 rings (SSSR count). The van der Waals surface area contributed by atoms with Crippen LogP contribution in [-0.4, -0.2) is 99.6 Å². The quantitative estimate of drug-likeness (QED) is 0.0195. The average Bonchev–Trinajstić information content (AvgIpc) is 3.49. The van der Waals surface area contributed by atoms with Crippen molar-refractivity contribution in [2.45, 2.75) is 269 Å². The highest BCUT2D eigenvalue weighted by atomic mass is 16.7. The molecule has 0 aromatic heterocycles. The van der Waals surface area contributed by atoms with Gasteiger partial charge in [0.25, 0.3) is 0 Å². The molecule has 0 saturated carbocycles. The van der Waals surface area contributed by atoms with Crippen LogP contribution in [0.2, 0.25) is 0 Å². The first-order valence-electron chi connectivity index (χ1n) is 31.6. The molecule has 11 nitrogen and oxygen atoms in total. The van der Waals surface area contributed by atoms with E-state index in [4.69, 9.17) is 14.2 Å². The Balaban J connectivity index is 2.75. The van der Waals surface area contributed by atoms with Crippen LogP contribution < -0.4 is 5.32 Å². The Morgan fingerprint density at radius 2 is 0.889 bits per heavy atom. The molecule has 1 heterocycles. The summed E-state index contributed by atoms with van der Waals surface area (Å²) in [6.45, 7) is 5.50. The molecular weight excluding hydrogens is 1010 g/mol. The molecule has 0 aromatic rings. The van der Waals surface area contributed by atoms with Gasteiger partial charge < -0.3 is 45.1 Å². The second-order valence-electron chi connectivity index (χ2n) is 21.0. The molecule has 0 aliphatic carbocycles. The van der Waals surface area contributed by atoms with E-state index in [1.807, 2.05) is 18.2 Å². The van der Waals surface area contributed by atoms with E-state index < -0.39 is 67.4 Å². The standard InChI is InChI=1S/C70H113NO10/c1-4-7-10-13-16-19-22-25-27-29-30-31-32-33-35-36-39-42-45-48-51-54-57-63(74)69(78)71-61(62(73)56-53-50-47-44-41-38-24-21-18-15-12-9-6-3)60-79-70-68(67(77)66(76)64(59-72)80-70)81-65(75)58-55-52-49-46-43-40-37-34-28-26-23-20-17-14-11-8-5-2/h7-8,10-11,16-17,19-20,25-28,30-31,33,35,37,39-40,42,46,49,53,56,61-64,66-68,70,72-74,76-77H,4-6,9,12-15,18,21-24,29,32,34,36,38,41,43-45,47-48,50-52,54-55,57-60H2,1-3H3,(H,71,78)/b10-7-,11-8-,19-16-,20-17-,27-25-,28-26-,31-30-,35-33-,40-37-,42-39-,49-46-,56-53+. The van der Waals surface area contributed by atoms with E-state index in [2.05, 4.69) is 148 Å². The summed E-state index contributed by atoms with van der Waals surface area (Å²) in [5, 5.41) is 57.0. The van der Waals surface area contributed by atoms with Crippen LogP contribution in [0.5, 0.6) is 0 Å². The van der Waals surface area contributed by atoms with Crippen molar-refractivity contribution in [2.24, 2.45) is 0 Å². The van der Waals surface area contributed by atoms with Gasteiger partial charge in [-0.3, -0.25) is 9.59 Å². The Kier molecular flexibility index (Phi) is 51.6. The number of aliphatic hydroxyl groups excluding tert-OH is 5. The Hall–Kier alpha value is -4.46. The Morgan fingerprint density at radius 3 is 1.33 bits per heavy atom. The zero-order valence-corrected chi connectivity index (χ0v) is 50.6. The molecule has 81 heavy (non-hydrogen) atoms. The number of unbranched alkanes of at least 4 members (excludes halogenated alkanes) is 15. The number of hydrogen-bond donors (Lipinski definition) is 6. The van der Waals surface area contributed by atoms with Crippen LogP contribution in [0.15, 0.2) is 146 Å². The highest BCUT2D eigenvalue weighted by molar-refractivity contribution is 5.80. The number of carbonyl (C=O) groups is 2. The molecule has 1 amide bonds. The molecule has 11 heteroatoms. The van der Waals surface area contributed by atoms with E-state index >= 15 is 0 Å². The molecule has 0 bridgehead atoms. The molecule has 1 aliphatic heterocycles. The third kappa shape index (κ3) is 43.8. The summed E-state index contributed by atoms with van der Waals surface area (Å²) in [6, 6.07) is -1.06. The first-order chi connectivity index (χ1) is 39.7. The second kappa shape index (κ2) is 56.0. The van der Waals surface area contributed by atoms with Crippen LogP contribution in [0.4, 0.5) is 0 Å². The summed E-state index contributed by atoms with van der Waals surface area (Å²) in [6.07, 6.45) is 70.3. The van der Waals surface area contributed by atoms with Crippen molar-refractivity contribution in [3.8, 4) is 0 Å². The summed E-state index contributed by atoms with van der Waals surface area (Å²) in [7, 11) is 0. The van der Waals surface area contributed by atoms with Crippen molar-refractivity contribution in [3.05, 3.63) is 146 Å². The predicted octanol–water partition coefficient (Wildman–Crippen LogP) is 15.4. The average molecular weight is 1130 g/mol. The van der Waals surface area contributed by atoms with Crippen molar-refractivity contribution in [1.29, 1.82) is 0 Å². The monoisotopic (exact) mass is 1130 g/mol. The van der Waals surface area contributed by atoms with Crippen molar-refractivity contribution < 1.29 is 49.3 Å². The maximum atomic E-state index is 13.4. The molecular formula is C70H113NO10. The molecule has 1 aliphatic rings. The lowest BCUT2D eigenvalue weighted by Gasteiger charge is -2.41. The maximum absolute atomic E-state index is 13.4. The highest BCUT2D eigenvalue weighted by Crippen LogP contribution is 2.26. The number of nitrogens with one attached hydrogen (secondary N) is 1. The summed E-state index contributed by atoms with van der Waals surface area (Å²) in [5.74, 6) is -1.30. The van der Waals surface area contributed by atoms with Gasteiger partial charge in [-0.2, -0.15) is 0 Å². The topological polar surface area (TPSA) is 175 Å². The fraction of sp³-hybridized carbons (Fsp3) is 0.629. The smallest absolute Gasteiger partial charge is 0.306 e. The molecule has 1 fully saturated rings. The molecule has 0 aromatic carbocycles. The van der Waals surface area contributed by atoms with E-state index in [1.165, 1.54) is 51.4 Å². The van der Waals surface area contributed by atoms with Gasteiger partial charge in [-0.05, 0) is 116 Å². The molecule has 8 unspecified atom stereocenters. The highest BCUT2D eigenvalue weighted by Gasteiger charge is 2.47. The van der Waals surface area contributed by atoms with Crippen molar-refractivity contribution in [1.82, 2.24) is 5.32 Å². The van der Waals surface area contributed by atoms with E-state index in [1.54, 1.807) is 6.08 Å². The third-order valence-corrected chi connectivity index (χ3v) is 13.7. The fourth-order valence-corrected chi connectivity index (χ4v) is 8.81. The van der Waals surface area contributed by atoms with Gasteiger partial charge in [-0.15, -0.1) is 0 Å². The first-order valence-corrected chi connectivity index (χ1v) is 31.6. The minimum atomic E-state index is -1.65. The number of allylic oxidation sites excluding steroid dienone is 23. The van der Waals surface area contributed by atoms with Crippen molar-refractivity contribution in [3.63, 3.8) is 0 Å². The molecule has 8 atom stereocenters. The number of ether oxygens (including phenoxy) is 3. The van der Waals surface area contributed by atoms with Gasteiger partial charge in [0.15, 0.2) is 12.4 Å². The Labute approximate surface area is 492 Å². The van der Waals surface area contributed by atoms with E-state index in [0.29, 0.717) is 19.3 Å². The Morgan fingerprint density at radius 1 is 0.494 bits per heavy atom. The number of amides is 1. The van der Waals surface area contributed by atoms with Gasteiger partial charge in [0.2, 0.25) is 5.91 Å². The van der Waals surface area contributed by atoms with Gasteiger partial charge in [0.05, 0.1) is 25.4 Å². The largest absolute Gasteiger partial charge is 0.454 e. The zero-order valence-electron chi connectivity index (χ0n) is 50.6. The van der Waals surface area contributed by atoms with Crippen LogP contribution in [0.25, 0.3) is 0 Å². The third-order valence-electron chi connectivity index (χ3n) is 13.7.